The van der Waals surface area contributed by atoms with Crippen LogP contribution in [0.25, 0.3) is 0 Å². The standard InChI is InChI=1S/C18H21BrN2/c1-13(20-2)15-9-10-18(16(19)12-15)21-11-5-7-14-6-3-4-8-17(14)21/h3-4,6,8-10,12-13,20H,5,7,11H2,1-2H3. The molecule has 0 amide bonds. The summed E-state index contributed by atoms with van der Waals surface area (Å²) in [4.78, 5) is 2.43. The van der Waals surface area contributed by atoms with Crippen molar-refractivity contribution in [1.82, 2.24) is 5.32 Å². The van der Waals surface area contributed by atoms with Gasteiger partial charge in [0.25, 0.3) is 0 Å². The molecule has 1 aliphatic heterocycles. The molecule has 3 rings (SSSR count). The molecule has 1 aliphatic rings. The number of para-hydroxylation sites is 1. The Hall–Kier alpha value is -1.32. The summed E-state index contributed by atoms with van der Waals surface area (Å²) < 4.78 is 1.17. The lowest BCUT2D eigenvalue weighted by atomic mass is 10.0. The van der Waals surface area contributed by atoms with E-state index in [9.17, 15) is 0 Å². The number of aryl methyl sites for hydroxylation is 1. The lowest BCUT2D eigenvalue weighted by molar-refractivity contribution is 0.652. The molecule has 0 bridgehead atoms. The molecule has 1 unspecified atom stereocenters. The first-order valence-corrected chi connectivity index (χ1v) is 8.32. The molecule has 0 aromatic heterocycles. The van der Waals surface area contributed by atoms with Crippen LogP contribution in [0.15, 0.2) is 46.9 Å². The van der Waals surface area contributed by atoms with E-state index < -0.39 is 0 Å². The van der Waals surface area contributed by atoms with E-state index in [1.165, 1.54) is 39.8 Å². The first kappa shape index (κ1) is 14.6. The molecule has 2 aromatic carbocycles. The highest BCUT2D eigenvalue weighted by atomic mass is 79.9. The maximum atomic E-state index is 3.76. The van der Waals surface area contributed by atoms with Gasteiger partial charge in [-0.05, 0) is 72.1 Å². The second kappa shape index (κ2) is 6.20. The molecule has 2 nitrogen and oxygen atoms in total. The third-order valence-corrected chi connectivity index (χ3v) is 4.94. The molecule has 0 radical (unpaired) electrons. The fraction of sp³-hybridized carbons (Fsp3) is 0.333. The first-order valence-electron chi connectivity index (χ1n) is 7.53. The van der Waals surface area contributed by atoms with Crippen molar-refractivity contribution in [2.75, 3.05) is 18.5 Å². The molecule has 0 fully saturated rings. The van der Waals surface area contributed by atoms with Crippen LogP contribution in [-0.2, 0) is 6.42 Å². The van der Waals surface area contributed by atoms with Gasteiger partial charge in [-0.2, -0.15) is 0 Å². The lowest BCUT2D eigenvalue weighted by Gasteiger charge is -2.32. The molecule has 1 atom stereocenters. The number of hydrogen-bond acceptors (Lipinski definition) is 2. The van der Waals surface area contributed by atoms with Gasteiger partial charge in [-0.3, -0.25) is 0 Å². The van der Waals surface area contributed by atoms with Gasteiger partial charge in [0.15, 0.2) is 0 Å². The topological polar surface area (TPSA) is 15.3 Å². The Labute approximate surface area is 135 Å². The number of hydrogen-bond donors (Lipinski definition) is 1. The van der Waals surface area contributed by atoms with E-state index in [1.54, 1.807) is 0 Å². The Bertz CT molecular complexity index is 639. The van der Waals surface area contributed by atoms with Crippen molar-refractivity contribution in [1.29, 1.82) is 0 Å². The summed E-state index contributed by atoms with van der Waals surface area (Å²) in [6.07, 6.45) is 2.39. The van der Waals surface area contributed by atoms with E-state index in [-0.39, 0.29) is 0 Å². The average Bonchev–Trinajstić information content (AvgIpc) is 2.53. The first-order chi connectivity index (χ1) is 10.2. The Kier molecular flexibility index (Phi) is 4.32. The molecule has 2 aromatic rings. The predicted octanol–water partition coefficient (Wildman–Crippen LogP) is 4.81. The molecule has 0 saturated heterocycles. The Balaban J connectivity index is 1.98. The number of halogens is 1. The second-order valence-electron chi connectivity index (χ2n) is 5.61. The molecular weight excluding hydrogens is 324 g/mol. The van der Waals surface area contributed by atoms with Crippen LogP contribution in [0.1, 0.15) is 30.5 Å². The van der Waals surface area contributed by atoms with Gasteiger partial charge in [0.2, 0.25) is 0 Å². The molecule has 0 aliphatic carbocycles. The van der Waals surface area contributed by atoms with E-state index >= 15 is 0 Å². The zero-order valence-corrected chi connectivity index (χ0v) is 14.2. The summed E-state index contributed by atoms with van der Waals surface area (Å²) in [5.41, 5.74) is 5.36. The van der Waals surface area contributed by atoms with Crippen molar-refractivity contribution >= 4 is 27.3 Å². The van der Waals surface area contributed by atoms with Gasteiger partial charge in [-0.15, -0.1) is 0 Å². The SMILES string of the molecule is CNC(C)c1ccc(N2CCCc3ccccc32)c(Br)c1. The average molecular weight is 345 g/mol. The van der Waals surface area contributed by atoms with Crippen molar-refractivity contribution in [3.63, 3.8) is 0 Å². The van der Waals surface area contributed by atoms with Crippen LogP contribution in [0.3, 0.4) is 0 Å². The minimum atomic E-state index is 0.365. The van der Waals surface area contributed by atoms with Gasteiger partial charge >= 0.3 is 0 Å². The number of rotatable bonds is 3. The van der Waals surface area contributed by atoms with Crippen molar-refractivity contribution in [2.24, 2.45) is 0 Å². The van der Waals surface area contributed by atoms with Gasteiger partial charge in [0, 0.05) is 22.7 Å². The molecule has 0 spiro atoms. The molecular formula is C18H21BrN2. The van der Waals surface area contributed by atoms with Gasteiger partial charge < -0.3 is 10.2 Å². The number of fused-ring (bicyclic) bond motifs is 1. The van der Waals surface area contributed by atoms with Gasteiger partial charge in [-0.1, -0.05) is 24.3 Å². The van der Waals surface area contributed by atoms with E-state index in [0.717, 1.165) is 6.54 Å². The predicted molar refractivity (Wildman–Crippen MR) is 93.4 cm³/mol. The van der Waals surface area contributed by atoms with Crippen molar-refractivity contribution < 1.29 is 0 Å². The maximum absolute atomic E-state index is 3.76. The fourth-order valence-corrected chi connectivity index (χ4v) is 3.57. The summed E-state index contributed by atoms with van der Waals surface area (Å²) in [7, 11) is 1.99. The summed E-state index contributed by atoms with van der Waals surface area (Å²) in [5.74, 6) is 0. The minimum absolute atomic E-state index is 0.365. The molecule has 21 heavy (non-hydrogen) atoms. The number of nitrogens with zero attached hydrogens (tertiary/aromatic N) is 1. The molecule has 0 saturated carbocycles. The molecule has 1 N–H and O–H groups in total. The van der Waals surface area contributed by atoms with Crippen LogP contribution >= 0.6 is 15.9 Å². The molecule has 110 valence electrons. The maximum Gasteiger partial charge on any atom is 0.0555 e. The largest absolute Gasteiger partial charge is 0.340 e. The lowest BCUT2D eigenvalue weighted by Crippen LogP contribution is -2.24. The van der Waals surface area contributed by atoms with Gasteiger partial charge in [-0.25, -0.2) is 0 Å². The van der Waals surface area contributed by atoms with Gasteiger partial charge in [0.05, 0.1) is 5.69 Å². The zero-order valence-electron chi connectivity index (χ0n) is 12.6. The van der Waals surface area contributed by atoms with Crippen molar-refractivity contribution in [2.45, 2.75) is 25.8 Å². The van der Waals surface area contributed by atoms with Crippen LogP contribution in [-0.4, -0.2) is 13.6 Å². The van der Waals surface area contributed by atoms with Crippen molar-refractivity contribution in [3.05, 3.63) is 58.1 Å². The summed E-state index contributed by atoms with van der Waals surface area (Å²) in [6.45, 7) is 3.26. The third-order valence-electron chi connectivity index (χ3n) is 4.31. The minimum Gasteiger partial charge on any atom is -0.340 e. The second-order valence-corrected chi connectivity index (χ2v) is 6.46. The fourth-order valence-electron chi connectivity index (χ4n) is 2.96. The van der Waals surface area contributed by atoms with E-state index in [2.05, 4.69) is 75.5 Å². The van der Waals surface area contributed by atoms with Gasteiger partial charge in [0.1, 0.15) is 0 Å². The van der Waals surface area contributed by atoms with Crippen LogP contribution in [0.2, 0.25) is 0 Å². The smallest absolute Gasteiger partial charge is 0.0555 e. The van der Waals surface area contributed by atoms with E-state index in [1.807, 2.05) is 7.05 Å². The third kappa shape index (κ3) is 2.85. The number of benzene rings is 2. The van der Waals surface area contributed by atoms with Crippen LogP contribution in [0.5, 0.6) is 0 Å². The molecule has 1 heterocycles. The highest BCUT2D eigenvalue weighted by Gasteiger charge is 2.19. The Morgan fingerprint density at radius 3 is 2.71 bits per heavy atom. The highest BCUT2D eigenvalue weighted by molar-refractivity contribution is 9.10. The summed E-state index contributed by atoms with van der Waals surface area (Å²) >= 11 is 3.76. The Morgan fingerprint density at radius 2 is 1.95 bits per heavy atom. The zero-order chi connectivity index (χ0) is 14.8. The monoisotopic (exact) mass is 344 g/mol. The van der Waals surface area contributed by atoms with Crippen molar-refractivity contribution in [3.8, 4) is 0 Å². The number of anilines is 2. The van der Waals surface area contributed by atoms with E-state index in [4.69, 9.17) is 0 Å². The molecule has 3 heteroatoms. The highest BCUT2D eigenvalue weighted by Crippen LogP contribution is 2.38. The summed E-state index contributed by atoms with van der Waals surface area (Å²) in [6, 6.07) is 15.8. The normalized spacial score (nSPS) is 15.7. The van der Waals surface area contributed by atoms with Crippen LogP contribution in [0.4, 0.5) is 11.4 Å². The van der Waals surface area contributed by atoms with Crippen LogP contribution in [0, 0.1) is 0 Å². The summed E-state index contributed by atoms with van der Waals surface area (Å²) in [5, 5.41) is 3.29. The Morgan fingerprint density at radius 1 is 1.14 bits per heavy atom. The number of nitrogens with one attached hydrogen (secondary N) is 1. The quantitative estimate of drug-likeness (QED) is 0.858. The van der Waals surface area contributed by atoms with E-state index in [0.29, 0.717) is 6.04 Å². The van der Waals surface area contributed by atoms with Crippen LogP contribution < -0.4 is 10.2 Å².